The summed E-state index contributed by atoms with van der Waals surface area (Å²) in [6.45, 7) is 3.18. The van der Waals surface area contributed by atoms with Gasteiger partial charge in [0.15, 0.2) is 0 Å². The van der Waals surface area contributed by atoms with Crippen molar-refractivity contribution in [1.82, 2.24) is 20.4 Å². The molecule has 0 spiro atoms. The Balaban J connectivity index is 1.34. The first-order valence-electron chi connectivity index (χ1n) is 9.54. The van der Waals surface area contributed by atoms with E-state index in [-0.39, 0.29) is 5.91 Å². The third kappa shape index (κ3) is 4.25. The van der Waals surface area contributed by atoms with Crippen LogP contribution < -0.4 is 15.4 Å². The van der Waals surface area contributed by atoms with Crippen LogP contribution in [0.2, 0.25) is 0 Å². The van der Waals surface area contributed by atoms with Gasteiger partial charge in [0.05, 0.1) is 12.6 Å². The van der Waals surface area contributed by atoms with Gasteiger partial charge in [-0.25, -0.2) is 0 Å². The van der Waals surface area contributed by atoms with Crippen molar-refractivity contribution in [1.29, 1.82) is 0 Å². The molecule has 26 heavy (non-hydrogen) atoms. The van der Waals surface area contributed by atoms with E-state index in [2.05, 4.69) is 15.7 Å². The number of para-hydroxylation sites is 1. The standard InChI is InChI=1S/C20H26N4O2/c25-20(18-9-11-24(23-18)17-5-3-10-21-13-17)22-12-16-4-1-2-6-19(16)26-14-15-7-8-15/h1-2,4,6,9,11,15,17,21H,3,5,7-8,10,12-14H2,(H,22,25). The van der Waals surface area contributed by atoms with Gasteiger partial charge < -0.3 is 15.4 Å². The van der Waals surface area contributed by atoms with Gasteiger partial charge in [0, 0.05) is 24.8 Å². The average Bonchev–Trinajstić information content (AvgIpc) is 3.39. The number of rotatable bonds is 7. The smallest absolute Gasteiger partial charge is 0.272 e. The molecule has 1 saturated carbocycles. The molecule has 138 valence electrons. The number of carbonyl (C=O) groups excluding carboxylic acids is 1. The Kier molecular flexibility index (Phi) is 5.20. The zero-order valence-electron chi connectivity index (χ0n) is 15.0. The van der Waals surface area contributed by atoms with Crippen LogP contribution in [0.15, 0.2) is 36.5 Å². The van der Waals surface area contributed by atoms with Gasteiger partial charge in [-0.2, -0.15) is 5.10 Å². The summed E-state index contributed by atoms with van der Waals surface area (Å²) in [5.41, 5.74) is 1.46. The second kappa shape index (κ2) is 7.91. The first kappa shape index (κ1) is 17.1. The molecule has 0 radical (unpaired) electrons. The molecular formula is C20H26N4O2. The minimum Gasteiger partial charge on any atom is -0.493 e. The SMILES string of the molecule is O=C(NCc1ccccc1OCC1CC1)c1ccn(C2CCCNC2)n1. The Hall–Kier alpha value is -2.34. The van der Waals surface area contributed by atoms with Crippen molar-refractivity contribution in [3.8, 4) is 5.75 Å². The quantitative estimate of drug-likeness (QED) is 0.802. The Morgan fingerprint density at radius 2 is 2.15 bits per heavy atom. The van der Waals surface area contributed by atoms with Crippen LogP contribution in [0, 0.1) is 5.92 Å². The van der Waals surface area contributed by atoms with E-state index in [0.717, 1.165) is 43.9 Å². The molecule has 2 aromatic rings. The van der Waals surface area contributed by atoms with Crippen molar-refractivity contribution < 1.29 is 9.53 Å². The van der Waals surface area contributed by atoms with Crippen molar-refractivity contribution in [2.75, 3.05) is 19.7 Å². The fourth-order valence-corrected chi connectivity index (χ4v) is 3.27. The second-order valence-electron chi connectivity index (χ2n) is 7.23. The van der Waals surface area contributed by atoms with Crippen molar-refractivity contribution >= 4 is 5.91 Å². The minimum absolute atomic E-state index is 0.149. The maximum Gasteiger partial charge on any atom is 0.272 e. The summed E-state index contributed by atoms with van der Waals surface area (Å²) in [7, 11) is 0. The Bertz CT molecular complexity index is 748. The summed E-state index contributed by atoms with van der Waals surface area (Å²) in [6, 6.07) is 10.0. The van der Waals surface area contributed by atoms with Crippen molar-refractivity contribution in [3.05, 3.63) is 47.8 Å². The lowest BCUT2D eigenvalue weighted by Crippen LogP contribution is -2.32. The van der Waals surface area contributed by atoms with Crippen LogP contribution in [-0.4, -0.2) is 35.4 Å². The van der Waals surface area contributed by atoms with Crippen molar-refractivity contribution in [2.45, 2.75) is 38.3 Å². The first-order valence-corrected chi connectivity index (χ1v) is 9.54. The third-order valence-electron chi connectivity index (χ3n) is 5.07. The van der Waals surface area contributed by atoms with Gasteiger partial charge in [0.1, 0.15) is 11.4 Å². The van der Waals surface area contributed by atoms with Gasteiger partial charge >= 0.3 is 0 Å². The molecule has 2 N–H and O–H groups in total. The van der Waals surface area contributed by atoms with Crippen molar-refractivity contribution in [3.63, 3.8) is 0 Å². The molecule has 1 amide bonds. The second-order valence-corrected chi connectivity index (χ2v) is 7.23. The van der Waals surface area contributed by atoms with E-state index in [1.807, 2.05) is 35.1 Å². The van der Waals surface area contributed by atoms with E-state index in [1.165, 1.54) is 12.8 Å². The Labute approximate surface area is 153 Å². The number of carbonyl (C=O) groups is 1. The predicted molar refractivity (Wildman–Crippen MR) is 99.2 cm³/mol. The lowest BCUT2D eigenvalue weighted by atomic mass is 10.1. The molecular weight excluding hydrogens is 328 g/mol. The minimum atomic E-state index is -0.149. The zero-order chi connectivity index (χ0) is 17.8. The molecule has 1 aliphatic carbocycles. The van der Waals surface area contributed by atoms with Crippen LogP contribution in [0.5, 0.6) is 5.75 Å². The van der Waals surface area contributed by atoms with Crippen LogP contribution in [0.3, 0.4) is 0 Å². The summed E-state index contributed by atoms with van der Waals surface area (Å²) in [4.78, 5) is 12.5. The molecule has 2 fully saturated rings. The number of piperidine rings is 1. The number of benzene rings is 1. The van der Waals surface area contributed by atoms with Crippen LogP contribution in [0.25, 0.3) is 0 Å². The molecule has 0 bridgehead atoms. The fourth-order valence-electron chi connectivity index (χ4n) is 3.27. The predicted octanol–water partition coefficient (Wildman–Crippen LogP) is 2.53. The Morgan fingerprint density at radius 3 is 2.96 bits per heavy atom. The molecule has 1 atom stereocenters. The van der Waals surface area contributed by atoms with Crippen LogP contribution in [0.1, 0.15) is 47.8 Å². The molecule has 6 nitrogen and oxygen atoms in total. The molecule has 2 aliphatic rings. The zero-order valence-corrected chi connectivity index (χ0v) is 15.0. The highest BCUT2D eigenvalue weighted by molar-refractivity contribution is 5.92. The van der Waals surface area contributed by atoms with E-state index < -0.39 is 0 Å². The summed E-state index contributed by atoms with van der Waals surface area (Å²) in [5, 5.41) is 10.8. The summed E-state index contributed by atoms with van der Waals surface area (Å²) in [6.07, 6.45) is 6.67. The normalized spacial score (nSPS) is 19.9. The highest BCUT2D eigenvalue weighted by Crippen LogP contribution is 2.30. The molecule has 1 aromatic heterocycles. The number of hydrogen-bond acceptors (Lipinski definition) is 4. The van der Waals surface area contributed by atoms with E-state index in [0.29, 0.717) is 24.2 Å². The fraction of sp³-hybridized carbons (Fsp3) is 0.500. The lowest BCUT2D eigenvalue weighted by molar-refractivity contribution is 0.0944. The van der Waals surface area contributed by atoms with Crippen LogP contribution >= 0.6 is 0 Å². The molecule has 4 rings (SSSR count). The molecule has 1 saturated heterocycles. The Morgan fingerprint density at radius 1 is 1.27 bits per heavy atom. The van der Waals surface area contributed by atoms with Crippen LogP contribution in [-0.2, 0) is 6.54 Å². The number of nitrogens with zero attached hydrogens (tertiary/aromatic N) is 2. The van der Waals surface area contributed by atoms with Gasteiger partial charge in [-0.3, -0.25) is 9.48 Å². The number of ether oxygens (including phenoxy) is 1. The maximum absolute atomic E-state index is 12.5. The van der Waals surface area contributed by atoms with Crippen molar-refractivity contribution in [2.24, 2.45) is 5.92 Å². The number of aromatic nitrogens is 2. The van der Waals surface area contributed by atoms with Gasteiger partial charge in [-0.1, -0.05) is 18.2 Å². The van der Waals surface area contributed by atoms with E-state index >= 15 is 0 Å². The van der Waals surface area contributed by atoms with E-state index in [1.54, 1.807) is 6.07 Å². The highest BCUT2D eigenvalue weighted by atomic mass is 16.5. The largest absolute Gasteiger partial charge is 0.493 e. The molecule has 1 aliphatic heterocycles. The molecule has 2 heterocycles. The number of nitrogens with one attached hydrogen (secondary N) is 2. The lowest BCUT2D eigenvalue weighted by Gasteiger charge is -2.22. The third-order valence-corrected chi connectivity index (χ3v) is 5.07. The van der Waals surface area contributed by atoms with E-state index in [4.69, 9.17) is 4.74 Å². The summed E-state index contributed by atoms with van der Waals surface area (Å²) >= 11 is 0. The summed E-state index contributed by atoms with van der Waals surface area (Å²) < 4.78 is 7.82. The average molecular weight is 354 g/mol. The molecule has 1 unspecified atom stereocenters. The summed E-state index contributed by atoms with van der Waals surface area (Å²) in [5.74, 6) is 1.42. The van der Waals surface area contributed by atoms with E-state index in [9.17, 15) is 4.79 Å². The van der Waals surface area contributed by atoms with Gasteiger partial charge in [0.2, 0.25) is 0 Å². The maximum atomic E-state index is 12.5. The monoisotopic (exact) mass is 354 g/mol. The van der Waals surface area contributed by atoms with Gasteiger partial charge in [-0.05, 0) is 50.3 Å². The molecule has 1 aromatic carbocycles. The topological polar surface area (TPSA) is 68.2 Å². The van der Waals surface area contributed by atoms with Gasteiger partial charge in [-0.15, -0.1) is 0 Å². The molecule has 6 heteroatoms. The van der Waals surface area contributed by atoms with Crippen LogP contribution in [0.4, 0.5) is 0 Å². The van der Waals surface area contributed by atoms with Gasteiger partial charge in [0.25, 0.3) is 5.91 Å². The number of hydrogen-bond donors (Lipinski definition) is 2. The number of amides is 1. The highest BCUT2D eigenvalue weighted by Gasteiger charge is 2.22. The first-order chi connectivity index (χ1) is 12.8.